The average molecular weight is 279 g/mol. The number of carbonyl (C=O) groups is 1. The lowest BCUT2D eigenvalue weighted by Gasteiger charge is -2.21. The molecule has 5 nitrogen and oxygen atoms in total. The molecular formula is C16H13N3O2. The highest BCUT2D eigenvalue weighted by atomic mass is 16.5. The van der Waals surface area contributed by atoms with E-state index in [1.54, 1.807) is 17.0 Å². The monoisotopic (exact) mass is 279 g/mol. The fraction of sp³-hybridized carbons (Fsp3) is 0.188. The number of nitriles is 1. The summed E-state index contributed by atoms with van der Waals surface area (Å²) in [6, 6.07) is 12.6. The zero-order valence-corrected chi connectivity index (χ0v) is 11.3. The van der Waals surface area contributed by atoms with Gasteiger partial charge in [-0.05, 0) is 30.7 Å². The van der Waals surface area contributed by atoms with E-state index in [4.69, 9.17) is 10.00 Å². The van der Waals surface area contributed by atoms with Gasteiger partial charge in [-0.25, -0.2) is 4.98 Å². The molecule has 1 aromatic carbocycles. The molecule has 5 heteroatoms. The van der Waals surface area contributed by atoms with Crippen LogP contribution in [0.25, 0.3) is 0 Å². The quantitative estimate of drug-likeness (QED) is 0.804. The topological polar surface area (TPSA) is 66.2 Å². The molecular weight excluding hydrogens is 266 g/mol. The van der Waals surface area contributed by atoms with E-state index in [2.05, 4.69) is 4.98 Å². The number of anilines is 1. The normalized spacial score (nSPS) is 13.6. The molecule has 2 heterocycles. The van der Waals surface area contributed by atoms with Crippen molar-refractivity contribution in [3.63, 3.8) is 0 Å². The van der Waals surface area contributed by atoms with E-state index in [-0.39, 0.29) is 5.91 Å². The Balaban J connectivity index is 1.95. The Bertz CT molecular complexity index is 704. The highest BCUT2D eigenvalue weighted by molar-refractivity contribution is 6.05. The number of ether oxygens (including phenoxy) is 1. The molecule has 0 aliphatic carbocycles. The molecule has 1 aliphatic rings. The van der Waals surface area contributed by atoms with Gasteiger partial charge in [-0.3, -0.25) is 4.79 Å². The number of nitrogens with zero attached hydrogens (tertiary/aromatic N) is 3. The van der Waals surface area contributed by atoms with Gasteiger partial charge >= 0.3 is 0 Å². The molecule has 0 spiro atoms. The largest absolute Gasteiger partial charge is 0.491 e. The second kappa shape index (κ2) is 5.63. The van der Waals surface area contributed by atoms with Crippen molar-refractivity contribution in [2.75, 3.05) is 18.1 Å². The van der Waals surface area contributed by atoms with Gasteiger partial charge in [0, 0.05) is 12.7 Å². The third kappa shape index (κ3) is 2.56. The molecule has 0 atom stereocenters. The van der Waals surface area contributed by atoms with E-state index in [0.717, 1.165) is 12.1 Å². The Morgan fingerprint density at radius 1 is 1.29 bits per heavy atom. The van der Waals surface area contributed by atoms with Crippen LogP contribution in [-0.2, 0) is 0 Å². The Morgan fingerprint density at radius 2 is 2.14 bits per heavy atom. The third-order valence-electron chi connectivity index (χ3n) is 3.30. The molecule has 0 N–H and O–H groups in total. The first-order valence-corrected chi connectivity index (χ1v) is 6.69. The highest BCUT2D eigenvalue weighted by Gasteiger charge is 2.23. The van der Waals surface area contributed by atoms with Crippen molar-refractivity contribution < 1.29 is 9.53 Å². The Labute approximate surface area is 122 Å². The highest BCUT2D eigenvalue weighted by Crippen LogP contribution is 2.31. The van der Waals surface area contributed by atoms with Crippen molar-refractivity contribution in [1.29, 1.82) is 5.26 Å². The van der Waals surface area contributed by atoms with Gasteiger partial charge in [0.15, 0.2) is 0 Å². The van der Waals surface area contributed by atoms with Gasteiger partial charge < -0.3 is 9.64 Å². The molecule has 0 bridgehead atoms. The summed E-state index contributed by atoms with van der Waals surface area (Å²) in [5.74, 6) is 0.523. The minimum Gasteiger partial charge on any atom is -0.491 e. The molecule has 0 saturated carbocycles. The zero-order chi connectivity index (χ0) is 14.7. The van der Waals surface area contributed by atoms with Crippen molar-refractivity contribution in [1.82, 2.24) is 4.98 Å². The minimum atomic E-state index is -0.183. The van der Waals surface area contributed by atoms with Crippen molar-refractivity contribution in [3.05, 3.63) is 53.9 Å². The summed E-state index contributed by atoms with van der Waals surface area (Å²) in [6.07, 6.45) is 2.17. The number of hydrogen-bond donors (Lipinski definition) is 0. The molecule has 104 valence electrons. The number of amides is 1. The number of carbonyl (C=O) groups excluding carboxylic acids is 1. The Kier molecular flexibility index (Phi) is 3.52. The van der Waals surface area contributed by atoms with Gasteiger partial charge in [-0.2, -0.15) is 5.26 Å². The molecule has 0 radical (unpaired) electrons. The maximum absolute atomic E-state index is 12.6. The summed E-state index contributed by atoms with van der Waals surface area (Å²) >= 11 is 0. The lowest BCUT2D eigenvalue weighted by Crippen LogP contribution is -2.32. The molecule has 0 unspecified atom stereocenters. The number of fused-ring (bicyclic) bond motifs is 1. The average Bonchev–Trinajstić information content (AvgIpc) is 2.77. The van der Waals surface area contributed by atoms with E-state index in [9.17, 15) is 4.79 Å². The van der Waals surface area contributed by atoms with E-state index < -0.39 is 0 Å². The molecule has 1 aliphatic heterocycles. The number of pyridine rings is 1. The number of rotatable bonds is 1. The molecule has 0 fully saturated rings. The fourth-order valence-electron chi connectivity index (χ4n) is 2.26. The summed E-state index contributed by atoms with van der Waals surface area (Å²) in [7, 11) is 0. The van der Waals surface area contributed by atoms with Gasteiger partial charge in [-0.15, -0.1) is 0 Å². The lowest BCUT2D eigenvalue weighted by atomic mass is 10.2. The van der Waals surface area contributed by atoms with Gasteiger partial charge in [0.25, 0.3) is 5.91 Å². The molecule has 2 aromatic rings. The van der Waals surface area contributed by atoms with Crippen LogP contribution in [0, 0.1) is 11.3 Å². The second-order valence-electron chi connectivity index (χ2n) is 4.67. The molecule has 1 amide bonds. The maximum Gasteiger partial charge on any atom is 0.276 e. The summed E-state index contributed by atoms with van der Waals surface area (Å²) in [4.78, 5) is 18.4. The maximum atomic E-state index is 12.6. The summed E-state index contributed by atoms with van der Waals surface area (Å²) in [5, 5.41) is 8.78. The van der Waals surface area contributed by atoms with E-state index in [0.29, 0.717) is 30.2 Å². The first kappa shape index (κ1) is 13.1. The Hall–Kier alpha value is -2.87. The number of aromatic nitrogens is 1. The van der Waals surface area contributed by atoms with E-state index in [1.165, 1.54) is 6.20 Å². The predicted molar refractivity (Wildman–Crippen MR) is 77.2 cm³/mol. The smallest absolute Gasteiger partial charge is 0.276 e. The summed E-state index contributed by atoms with van der Waals surface area (Å²) in [6.45, 7) is 1.17. The van der Waals surface area contributed by atoms with Crippen molar-refractivity contribution in [3.8, 4) is 11.8 Å². The molecule has 0 saturated heterocycles. The minimum absolute atomic E-state index is 0.183. The first-order valence-electron chi connectivity index (χ1n) is 6.69. The first-order chi connectivity index (χ1) is 10.3. The fourth-order valence-corrected chi connectivity index (χ4v) is 2.26. The standard InChI is InChI=1S/C16H13N3O2/c17-10-12-6-7-13(18-11-12)16(20)19-8-3-9-21-15-5-2-1-4-14(15)19/h1-2,4-7,11H,3,8-9H2. The lowest BCUT2D eigenvalue weighted by molar-refractivity contribution is 0.0982. The van der Waals surface area contributed by atoms with Crippen LogP contribution in [0.1, 0.15) is 22.5 Å². The SMILES string of the molecule is N#Cc1ccc(C(=O)N2CCCOc3ccccc32)nc1. The molecule has 21 heavy (non-hydrogen) atoms. The van der Waals surface area contributed by atoms with Crippen LogP contribution < -0.4 is 9.64 Å². The summed E-state index contributed by atoms with van der Waals surface area (Å²) < 4.78 is 5.64. The van der Waals surface area contributed by atoms with E-state index in [1.807, 2.05) is 30.3 Å². The number of para-hydroxylation sites is 2. The predicted octanol–water partition coefficient (Wildman–Crippen LogP) is 2.38. The zero-order valence-electron chi connectivity index (χ0n) is 11.3. The molecule has 1 aromatic heterocycles. The summed E-state index contributed by atoms with van der Waals surface area (Å²) in [5.41, 5.74) is 1.52. The van der Waals surface area contributed by atoms with Crippen LogP contribution in [-0.4, -0.2) is 24.0 Å². The van der Waals surface area contributed by atoms with Crippen molar-refractivity contribution in [2.24, 2.45) is 0 Å². The number of benzene rings is 1. The van der Waals surface area contributed by atoms with Crippen molar-refractivity contribution in [2.45, 2.75) is 6.42 Å². The van der Waals surface area contributed by atoms with Crippen molar-refractivity contribution >= 4 is 11.6 Å². The van der Waals surface area contributed by atoms with Crippen LogP contribution in [0.5, 0.6) is 5.75 Å². The van der Waals surface area contributed by atoms with Crippen LogP contribution in [0.3, 0.4) is 0 Å². The van der Waals surface area contributed by atoms with Crippen LogP contribution in [0.4, 0.5) is 5.69 Å². The van der Waals surface area contributed by atoms with Crippen LogP contribution in [0.15, 0.2) is 42.6 Å². The second-order valence-corrected chi connectivity index (χ2v) is 4.67. The molecule has 3 rings (SSSR count). The van der Waals surface area contributed by atoms with Gasteiger partial charge in [0.2, 0.25) is 0 Å². The van der Waals surface area contributed by atoms with Gasteiger partial charge in [0.1, 0.15) is 17.5 Å². The van der Waals surface area contributed by atoms with Gasteiger partial charge in [0.05, 0.1) is 17.9 Å². The van der Waals surface area contributed by atoms with E-state index >= 15 is 0 Å². The Morgan fingerprint density at radius 3 is 2.90 bits per heavy atom. The number of hydrogen-bond acceptors (Lipinski definition) is 4. The third-order valence-corrected chi connectivity index (χ3v) is 3.30. The van der Waals surface area contributed by atoms with Crippen LogP contribution >= 0.6 is 0 Å². The van der Waals surface area contributed by atoms with Crippen LogP contribution in [0.2, 0.25) is 0 Å². The van der Waals surface area contributed by atoms with Gasteiger partial charge in [-0.1, -0.05) is 12.1 Å².